The summed E-state index contributed by atoms with van der Waals surface area (Å²) in [5, 5.41) is 10.6. The Bertz CT molecular complexity index is 1270. The number of nitrogens with zero attached hydrogens (tertiary/aromatic N) is 3. The first-order chi connectivity index (χ1) is 21.0. The van der Waals surface area contributed by atoms with Gasteiger partial charge >= 0.3 is 0 Å². The lowest BCUT2D eigenvalue weighted by Crippen LogP contribution is -2.63. The zero-order valence-corrected chi connectivity index (χ0v) is 29.5. The van der Waals surface area contributed by atoms with Gasteiger partial charge in [-0.15, -0.1) is 24.9 Å². The number of amides is 3. The van der Waals surface area contributed by atoms with E-state index >= 15 is 4.79 Å². The lowest BCUT2D eigenvalue weighted by atomic mass is 9.65. The number of benzene rings is 1. The molecule has 0 aromatic heterocycles. The molecular weight excluding hydrogens is 582 g/mol. The summed E-state index contributed by atoms with van der Waals surface area (Å²) in [6.45, 7) is 25.6. The molecule has 7 atom stereocenters. The summed E-state index contributed by atoms with van der Waals surface area (Å²) in [6.07, 6.45) is 5.01. The van der Waals surface area contributed by atoms with E-state index in [0.717, 1.165) is 18.4 Å². The summed E-state index contributed by atoms with van der Waals surface area (Å²) in [5.41, 5.74) is 0.454. The molecule has 2 bridgehead atoms. The van der Waals surface area contributed by atoms with Crippen LogP contribution in [0.4, 0.5) is 0 Å². The molecule has 3 saturated heterocycles. The Morgan fingerprint density at radius 1 is 1.09 bits per heavy atom. The number of aliphatic hydroxyl groups is 1. The highest BCUT2D eigenvalue weighted by atomic mass is 32.2. The SMILES string of the molecule is C=CCN(Cc1ccccc1)C(=O)[C@@H]1[C@@H]2CC(C)C3(S2)C(C(=O)N(CC=C)C(C)(C)CC(C)(C)C)N([C@@H](CO)C(C)C)C(=O)[C@H]13. The minimum absolute atomic E-state index is 0.0363. The molecule has 0 aliphatic carbocycles. The standard InChI is InChI=1S/C37H55N3O4S/c1-11-18-38(21-26-16-14-13-15-17-26)32(42)29-28-20-25(5)37(45-28)30(29)33(43)40(27(22-41)24(3)4)31(37)34(44)39(19-12-2)36(9,10)23-35(6,7)8/h11-17,24-25,27-31,41H,1-2,18-23H2,3-10H3/t25?,27-,28-,29+,30-,31?,37?/m0/s1. The number of aliphatic hydroxyl groups excluding tert-OH is 1. The maximum absolute atomic E-state index is 15.2. The van der Waals surface area contributed by atoms with E-state index in [9.17, 15) is 14.7 Å². The number of carbonyl (C=O) groups excluding carboxylic acids is 3. The van der Waals surface area contributed by atoms with Crippen molar-refractivity contribution < 1.29 is 19.5 Å². The fourth-order valence-electron chi connectivity index (χ4n) is 8.71. The highest BCUT2D eigenvalue weighted by Crippen LogP contribution is 2.69. The van der Waals surface area contributed by atoms with Crippen LogP contribution in [0.15, 0.2) is 55.6 Å². The highest BCUT2D eigenvalue weighted by Gasteiger charge is 2.77. The first-order valence-corrected chi connectivity index (χ1v) is 17.4. The van der Waals surface area contributed by atoms with Crippen LogP contribution in [-0.4, -0.2) is 84.8 Å². The second-order valence-electron chi connectivity index (χ2n) is 15.6. The summed E-state index contributed by atoms with van der Waals surface area (Å²) >= 11 is 1.69. The fraction of sp³-hybridized carbons (Fsp3) is 0.649. The van der Waals surface area contributed by atoms with Crippen molar-refractivity contribution in [3.05, 3.63) is 61.2 Å². The number of hydrogen-bond donors (Lipinski definition) is 1. The van der Waals surface area contributed by atoms with Crippen LogP contribution in [0.2, 0.25) is 0 Å². The van der Waals surface area contributed by atoms with Gasteiger partial charge in [0.25, 0.3) is 0 Å². The predicted molar refractivity (Wildman–Crippen MR) is 183 cm³/mol. The van der Waals surface area contributed by atoms with E-state index < -0.39 is 34.2 Å². The van der Waals surface area contributed by atoms with Crippen molar-refractivity contribution in [2.24, 2.45) is 29.1 Å². The second-order valence-corrected chi connectivity index (χ2v) is 17.1. The fourth-order valence-corrected chi connectivity index (χ4v) is 11.1. The Labute approximate surface area is 275 Å². The number of rotatable bonds is 13. The van der Waals surface area contributed by atoms with Crippen molar-refractivity contribution in [1.82, 2.24) is 14.7 Å². The number of thioether (sulfide) groups is 1. The van der Waals surface area contributed by atoms with E-state index in [1.807, 2.05) is 54.0 Å². The van der Waals surface area contributed by atoms with Gasteiger partial charge in [0.2, 0.25) is 17.7 Å². The van der Waals surface area contributed by atoms with Crippen molar-refractivity contribution >= 4 is 29.5 Å². The van der Waals surface area contributed by atoms with Crippen molar-refractivity contribution in [2.75, 3.05) is 19.7 Å². The Balaban J connectivity index is 1.83. The first-order valence-electron chi connectivity index (χ1n) is 16.5. The zero-order chi connectivity index (χ0) is 33.5. The van der Waals surface area contributed by atoms with E-state index in [1.54, 1.807) is 28.8 Å². The third-order valence-corrected chi connectivity index (χ3v) is 12.2. The van der Waals surface area contributed by atoms with Gasteiger partial charge in [0.15, 0.2) is 0 Å². The maximum Gasteiger partial charge on any atom is 0.247 e. The zero-order valence-electron chi connectivity index (χ0n) is 28.7. The second kappa shape index (κ2) is 13.3. The van der Waals surface area contributed by atoms with E-state index in [0.29, 0.717) is 19.6 Å². The largest absolute Gasteiger partial charge is 0.394 e. The maximum atomic E-state index is 15.2. The normalized spacial score (nSPS) is 28.3. The number of hydrogen-bond acceptors (Lipinski definition) is 5. The van der Waals surface area contributed by atoms with E-state index in [-0.39, 0.29) is 46.8 Å². The van der Waals surface area contributed by atoms with Crippen LogP contribution in [0.3, 0.4) is 0 Å². The van der Waals surface area contributed by atoms with Crippen LogP contribution in [0.25, 0.3) is 0 Å². The Hall–Kier alpha value is -2.58. The molecule has 45 heavy (non-hydrogen) atoms. The molecule has 248 valence electrons. The Morgan fingerprint density at radius 3 is 2.24 bits per heavy atom. The summed E-state index contributed by atoms with van der Waals surface area (Å²) in [6, 6.07) is 8.54. The molecular formula is C37H55N3O4S. The highest BCUT2D eigenvalue weighted by molar-refractivity contribution is 8.02. The van der Waals surface area contributed by atoms with Crippen molar-refractivity contribution in [3.8, 4) is 0 Å². The number of fused-ring (bicyclic) bond motifs is 1. The molecule has 0 radical (unpaired) electrons. The molecule has 1 aromatic carbocycles. The summed E-state index contributed by atoms with van der Waals surface area (Å²) in [4.78, 5) is 50.0. The summed E-state index contributed by atoms with van der Waals surface area (Å²) < 4.78 is -0.773. The predicted octanol–water partition coefficient (Wildman–Crippen LogP) is 5.78. The van der Waals surface area contributed by atoms with E-state index in [4.69, 9.17) is 0 Å². The smallest absolute Gasteiger partial charge is 0.247 e. The average molecular weight is 638 g/mol. The molecule has 0 saturated carbocycles. The summed E-state index contributed by atoms with van der Waals surface area (Å²) in [5.74, 6) is -1.59. The minimum atomic E-state index is -0.793. The molecule has 4 rings (SSSR count). The van der Waals surface area contributed by atoms with Crippen LogP contribution >= 0.6 is 11.8 Å². The van der Waals surface area contributed by atoms with Crippen molar-refractivity contribution in [1.29, 1.82) is 0 Å². The van der Waals surface area contributed by atoms with Gasteiger partial charge in [-0.05, 0) is 49.5 Å². The van der Waals surface area contributed by atoms with Gasteiger partial charge < -0.3 is 19.8 Å². The van der Waals surface area contributed by atoms with Crippen molar-refractivity contribution in [3.63, 3.8) is 0 Å². The molecule has 8 heteroatoms. The molecule has 7 nitrogen and oxygen atoms in total. The van der Waals surface area contributed by atoms with E-state index in [2.05, 4.69) is 54.7 Å². The number of carbonyl (C=O) groups is 3. The molecule has 1 N–H and O–H groups in total. The molecule has 1 aromatic rings. The van der Waals surface area contributed by atoms with Crippen LogP contribution < -0.4 is 0 Å². The Kier molecular flexibility index (Phi) is 10.4. The van der Waals surface area contributed by atoms with Gasteiger partial charge in [-0.3, -0.25) is 14.4 Å². The third kappa shape index (κ3) is 6.38. The van der Waals surface area contributed by atoms with Gasteiger partial charge in [0, 0.05) is 30.4 Å². The topological polar surface area (TPSA) is 81.2 Å². The number of likely N-dealkylation sites (tertiary alicyclic amines) is 1. The van der Waals surface area contributed by atoms with Gasteiger partial charge in [-0.25, -0.2) is 0 Å². The van der Waals surface area contributed by atoms with Crippen LogP contribution in [0, 0.1) is 29.1 Å². The Morgan fingerprint density at radius 2 is 1.71 bits per heavy atom. The van der Waals surface area contributed by atoms with Gasteiger partial charge in [-0.1, -0.05) is 84.0 Å². The molecule has 1 spiro atoms. The van der Waals surface area contributed by atoms with Crippen LogP contribution in [0.5, 0.6) is 0 Å². The van der Waals surface area contributed by atoms with Crippen LogP contribution in [0.1, 0.15) is 73.8 Å². The monoisotopic (exact) mass is 637 g/mol. The summed E-state index contributed by atoms with van der Waals surface area (Å²) in [7, 11) is 0. The molecule has 3 amide bonds. The van der Waals surface area contributed by atoms with Gasteiger partial charge in [0.05, 0.1) is 29.2 Å². The quantitative estimate of drug-likeness (QED) is 0.277. The lowest BCUT2D eigenvalue weighted by molar-refractivity contribution is -0.150. The molecule has 3 aliphatic heterocycles. The molecule has 3 unspecified atom stereocenters. The van der Waals surface area contributed by atoms with E-state index in [1.165, 1.54) is 0 Å². The van der Waals surface area contributed by atoms with Gasteiger partial charge in [-0.2, -0.15) is 0 Å². The van der Waals surface area contributed by atoms with Crippen molar-refractivity contribution in [2.45, 2.75) is 102 Å². The van der Waals surface area contributed by atoms with Gasteiger partial charge in [0.1, 0.15) is 6.04 Å². The van der Waals surface area contributed by atoms with Crippen LogP contribution in [-0.2, 0) is 20.9 Å². The first kappa shape index (κ1) is 35.3. The third-order valence-electron chi connectivity index (χ3n) is 10.2. The molecule has 3 aliphatic rings. The lowest BCUT2D eigenvalue weighted by Gasteiger charge is -2.48. The average Bonchev–Trinajstić information content (AvgIpc) is 3.54. The minimum Gasteiger partial charge on any atom is -0.394 e. The molecule has 3 fully saturated rings. The molecule has 3 heterocycles.